The molecule has 2 aromatic rings. The zero-order chi connectivity index (χ0) is 12.0. The molecule has 1 N–H and O–H groups in total. The maximum absolute atomic E-state index is 11.6. The number of aryl methyl sites for hydroxylation is 1. The molecule has 0 radical (unpaired) electrons. The molecular weight excluding hydrogens is 236 g/mol. The standard InChI is InChI=1S/C7H8N4O4S/c1-10-4-3(5(12)11(2)7(10)13)8-6(9-4)16(14)15/h16H,1-2H3,(H,8,9). The number of hydrogen-bond donors (Lipinski definition) is 2. The molecule has 86 valence electrons. The lowest BCUT2D eigenvalue weighted by Crippen LogP contribution is -2.36. The van der Waals surface area contributed by atoms with Crippen molar-refractivity contribution in [3.63, 3.8) is 0 Å². The van der Waals surface area contributed by atoms with E-state index in [0.717, 1.165) is 9.13 Å². The summed E-state index contributed by atoms with van der Waals surface area (Å²) in [5, 5.41) is -0.330. The molecule has 0 aromatic carbocycles. The molecule has 16 heavy (non-hydrogen) atoms. The number of H-pyrrole nitrogens is 1. The Balaban J connectivity index is 3.10. The van der Waals surface area contributed by atoms with Crippen LogP contribution in [0, 0.1) is 0 Å². The number of fused-ring (bicyclic) bond motifs is 1. The lowest BCUT2D eigenvalue weighted by atomic mass is 10.5. The minimum absolute atomic E-state index is 0.00111. The van der Waals surface area contributed by atoms with E-state index < -0.39 is 22.0 Å². The van der Waals surface area contributed by atoms with Crippen LogP contribution in [-0.4, -0.2) is 27.5 Å². The fourth-order valence-corrected chi connectivity index (χ4v) is 1.78. The molecule has 0 spiro atoms. The lowest BCUT2D eigenvalue weighted by molar-refractivity contribution is 0.608. The molecule has 2 heterocycles. The third-order valence-electron chi connectivity index (χ3n) is 2.26. The number of aromatic amines is 1. The number of rotatable bonds is 1. The van der Waals surface area contributed by atoms with Gasteiger partial charge in [-0.1, -0.05) is 0 Å². The van der Waals surface area contributed by atoms with Crippen LogP contribution >= 0.6 is 0 Å². The predicted molar refractivity (Wildman–Crippen MR) is 55.2 cm³/mol. The van der Waals surface area contributed by atoms with Crippen molar-refractivity contribution in [1.29, 1.82) is 0 Å². The minimum Gasteiger partial charge on any atom is -0.323 e. The van der Waals surface area contributed by atoms with Crippen LogP contribution in [-0.2, 0) is 24.8 Å². The molecule has 0 unspecified atom stereocenters. The molecule has 0 aliphatic heterocycles. The molecule has 2 rings (SSSR count). The van der Waals surface area contributed by atoms with E-state index in [9.17, 15) is 18.0 Å². The molecule has 2 aromatic heterocycles. The lowest BCUT2D eigenvalue weighted by Gasteiger charge is -2.00. The molecule has 8 nitrogen and oxygen atoms in total. The van der Waals surface area contributed by atoms with Gasteiger partial charge in [0, 0.05) is 14.1 Å². The number of thiol groups is 1. The van der Waals surface area contributed by atoms with Crippen molar-refractivity contribution in [2.45, 2.75) is 5.16 Å². The summed E-state index contributed by atoms with van der Waals surface area (Å²) in [6.07, 6.45) is 0. The fourth-order valence-electron chi connectivity index (χ4n) is 1.40. The van der Waals surface area contributed by atoms with Crippen molar-refractivity contribution in [1.82, 2.24) is 19.1 Å². The van der Waals surface area contributed by atoms with Gasteiger partial charge in [-0.2, -0.15) is 4.98 Å². The Morgan fingerprint density at radius 2 is 1.81 bits per heavy atom. The fraction of sp³-hybridized carbons (Fsp3) is 0.286. The van der Waals surface area contributed by atoms with E-state index in [1.54, 1.807) is 0 Å². The van der Waals surface area contributed by atoms with Crippen LogP contribution in [0.25, 0.3) is 11.2 Å². The van der Waals surface area contributed by atoms with Crippen LogP contribution < -0.4 is 11.2 Å². The van der Waals surface area contributed by atoms with E-state index in [4.69, 9.17) is 0 Å². The Labute approximate surface area is 90.1 Å². The quantitative estimate of drug-likeness (QED) is 0.560. The first-order valence-corrected chi connectivity index (χ1v) is 5.41. The molecule has 0 atom stereocenters. The first-order chi connectivity index (χ1) is 7.43. The van der Waals surface area contributed by atoms with Gasteiger partial charge in [0.05, 0.1) is 0 Å². The van der Waals surface area contributed by atoms with Crippen molar-refractivity contribution < 1.29 is 8.42 Å². The Bertz CT molecular complexity index is 755. The monoisotopic (exact) mass is 244 g/mol. The number of aromatic nitrogens is 4. The summed E-state index contributed by atoms with van der Waals surface area (Å²) in [6.45, 7) is 0. The zero-order valence-electron chi connectivity index (χ0n) is 8.42. The summed E-state index contributed by atoms with van der Waals surface area (Å²) in [7, 11) is -0.200. The second-order valence-corrected chi connectivity index (χ2v) is 4.16. The Kier molecular flexibility index (Phi) is 2.19. The van der Waals surface area contributed by atoms with Crippen LogP contribution in [0.15, 0.2) is 14.7 Å². The number of nitrogens with zero attached hydrogens (tertiary/aromatic N) is 3. The summed E-state index contributed by atoms with van der Waals surface area (Å²) in [4.78, 5) is 29.2. The van der Waals surface area contributed by atoms with Gasteiger partial charge in [-0.05, 0) is 0 Å². The predicted octanol–water partition coefficient (Wildman–Crippen LogP) is -2.07. The van der Waals surface area contributed by atoms with Gasteiger partial charge in [0.2, 0.25) is 15.9 Å². The van der Waals surface area contributed by atoms with Gasteiger partial charge < -0.3 is 4.98 Å². The first-order valence-electron chi connectivity index (χ1n) is 4.23. The highest BCUT2D eigenvalue weighted by Crippen LogP contribution is 2.04. The third-order valence-corrected chi connectivity index (χ3v) is 2.81. The smallest absolute Gasteiger partial charge is 0.323 e. The Morgan fingerprint density at radius 1 is 1.19 bits per heavy atom. The molecule has 0 fully saturated rings. The molecule has 0 saturated carbocycles. The van der Waals surface area contributed by atoms with Crippen molar-refractivity contribution in [2.75, 3.05) is 0 Å². The highest BCUT2D eigenvalue weighted by molar-refractivity contribution is 7.72. The van der Waals surface area contributed by atoms with Gasteiger partial charge in [-0.15, -0.1) is 0 Å². The Hall–Kier alpha value is -1.90. The van der Waals surface area contributed by atoms with Crippen LogP contribution in [0.5, 0.6) is 0 Å². The molecule has 0 amide bonds. The van der Waals surface area contributed by atoms with E-state index in [1.165, 1.54) is 14.1 Å². The van der Waals surface area contributed by atoms with E-state index in [0.29, 0.717) is 0 Å². The SMILES string of the molecule is Cn1c(=O)c2[nH]c([SH](=O)=O)nc2n(C)c1=O. The second-order valence-electron chi connectivity index (χ2n) is 3.22. The number of imidazole rings is 1. The number of hydrogen-bond acceptors (Lipinski definition) is 5. The Morgan fingerprint density at radius 3 is 2.38 bits per heavy atom. The first kappa shape index (κ1) is 10.6. The molecule has 0 aliphatic rings. The van der Waals surface area contributed by atoms with Gasteiger partial charge in [0.15, 0.2) is 11.2 Å². The van der Waals surface area contributed by atoms with Crippen LogP contribution in [0.4, 0.5) is 0 Å². The number of nitrogens with one attached hydrogen (secondary N) is 1. The summed E-state index contributed by atoms with van der Waals surface area (Å²) < 4.78 is 23.4. The van der Waals surface area contributed by atoms with Gasteiger partial charge in [0.25, 0.3) is 5.56 Å². The second kappa shape index (κ2) is 3.30. The van der Waals surface area contributed by atoms with Gasteiger partial charge in [-0.3, -0.25) is 13.9 Å². The molecule has 0 aliphatic carbocycles. The largest absolute Gasteiger partial charge is 0.332 e. The average Bonchev–Trinajstić information content (AvgIpc) is 2.68. The topological polar surface area (TPSA) is 107 Å². The van der Waals surface area contributed by atoms with Crippen LogP contribution in [0.1, 0.15) is 0 Å². The van der Waals surface area contributed by atoms with Crippen molar-refractivity contribution in [2.24, 2.45) is 14.1 Å². The minimum atomic E-state index is -2.92. The van der Waals surface area contributed by atoms with Crippen molar-refractivity contribution in [3.8, 4) is 0 Å². The maximum atomic E-state index is 11.6. The summed E-state index contributed by atoms with van der Waals surface area (Å²) in [5.74, 6) is 0. The highest BCUT2D eigenvalue weighted by Gasteiger charge is 2.13. The average molecular weight is 244 g/mol. The van der Waals surface area contributed by atoms with Gasteiger partial charge in [0.1, 0.15) is 0 Å². The van der Waals surface area contributed by atoms with E-state index in [2.05, 4.69) is 9.97 Å². The normalized spacial score (nSPS) is 11.4. The van der Waals surface area contributed by atoms with Crippen molar-refractivity contribution >= 4 is 21.9 Å². The van der Waals surface area contributed by atoms with Gasteiger partial charge >= 0.3 is 5.69 Å². The third kappa shape index (κ3) is 1.28. The zero-order valence-corrected chi connectivity index (χ0v) is 9.32. The van der Waals surface area contributed by atoms with E-state index in [1.807, 2.05) is 0 Å². The molecule has 0 saturated heterocycles. The van der Waals surface area contributed by atoms with E-state index in [-0.39, 0.29) is 16.3 Å². The van der Waals surface area contributed by atoms with Gasteiger partial charge in [-0.25, -0.2) is 13.2 Å². The molecule has 9 heteroatoms. The molecule has 0 bridgehead atoms. The molecular formula is C7H8N4O4S. The van der Waals surface area contributed by atoms with E-state index >= 15 is 0 Å². The van der Waals surface area contributed by atoms with Crippen LogP contribution in [0.3, 0.4) is 0 Å². The van der Waals surface area contributed by atoms with Crippen LogP contribution in [0.2, 0.25) is 0 Å². The summed E-state index contributed by atoms with van der Waals surface area (Å²) in [6, 6.07) is 0. The van der Waals surface area contributed by atoms with Crippen molar-refractivity contribution in [3.05, 3.63) is 20.8 Å². The maximum Gasteiger partial charge on any atom is 0.332 e. The summed E-state index contributed by atoms with van der Waals surface area (Å²) >= 11 is 0. The highest BCUT2D eigenvalue weighted by atomic mass is 32.2. The summed E-state index contributed by atoms with van der Waals surface area (Å²) in [5.41, 5.74) is -1.13.